The normalized spacial score (nSPS) is 10.5. The first-order chi connectivity index (χ1) is 30.0. The zero-order valence-electron chi connectivity index (χ0n) is 33.2. The fourth-order valence-corrected chi connectivity index (χ4v) is 8.23. The van der Waals surface area contributed by atoms with E-state index in [1.54, 1.807) is 0 Å². The quantitative estimate of drug-likeness (QED) is 0.160. The third-order valence-electron chi connectivity index (χ3n) is 10.2. The van der Waals surface area contributed by atoms with Crippen LogP contribution in [0.1, 0.15) is 0 Å². The van der Waals surface area contributed by atoms with E-state index in [4.69, 9.17) is 0 Å². The molecule has 0 saturated heterocycles. The fourth-order valence-electron chi connectivity index (χ4n) is 7.15. The van der Waals surface area contributed by atoms with Crippen molar-refractivity contribution in [2.24, 2.45) is 0 Å². The minimum Gasteiger partial charge on any atom is -0.355 e. The van der Waals surface area contributed by atoms with Gasteiger partial charge in [-0.2, -0.15) is 0 Å². The maximum Gasteiger partial charge on any atom is 0.0540 e. The maximum absolute atomic E-state index is 3.45. The van der Waals surface area contributed by atoms with Gasteiger partial charge in [-0.1, -0.05) is 158 Å². The number of hydrogen-bond acceptors (Lipinski definition) is 2. The SMILES string of the molecule is Ic1ccc(-c2ccc(I)cc2)cc1.Ic1ccc(-c2ccc(N(c3ccccc3)c3cccc4ccccc34)cc2)cc1.c1ccc(Nc2cccc3ccccc23)cc1. The lowest BCUT2D eigenvalue weighted by atomic mass is 10.0. The van der Waals surface area contributed by atoms with Crippen LogP contribution in [0.2, 0.25) is 0 Å². The van der Waals surface area contributed by atoms with Crippen molar-refractivity contribution in [3.63, 3.8) is 0 Å². The van der Waals surface area contributed by atoms with Crippen molar-refractivity contribution < 1.29 is 0 Å². The highest BCUT2D eigenvalue weighted by atomic mass is 127. The topological polar surface area (TPSA) is 15.3 Å². The molecule has 10 aromatic rings. The molecule has 0 unspecified atom stereocenters. The second kappa shape index (κ2) is 20.9. The molecule has 0 heterocycles. The van der Waals surface area contributed by atoms with Crippen molar-refractivity contribution in [3.05, 3.63) is 253 Å². The molecule has 1 N–H and O–H groups in total. The van der Waals surface area contributed by atoms with E-state index in [2.05, 4.69) is 302 Å². The average molecular weight is 1120 g/mol. The summed E-state index contributed by atoms with van der Waals surface area (Å²) in [6.07, 6.45) is 0. The van der Waals surface area contributed by atoms with E-state index in [9.17, 15) is 0 Å². The predicted octanol–water partition coefficient (Wildman–Crippen LogP) is 17.7. The van der Waals surface area contributed by atoms with E-state index in [1.807, 2.05) is 18.2 Å². The zero-order chi connectivity index (χ0) is 41.8. The number of hydrogen-bond donors (Lipinski definition) is 1. The fraction of sp³-hybridized carbons (Fsp3) is 0. The van der Waals surface area contributed by atoms with Gasteiger partial charge in [-0.3, -0.25) is 0 Å². The van der Waals surface area contributed by atoms with Gasteiger partial charge in [0.05, 0.1) is 5.69 Å². The van der Waals surface area contributed by atoms with Gasteiger partial charge in [0.2, 0.25) is 0 Å². The number of rotatable bonds is 7. The molecule has 5 heteroatoms. The second-order valence-electron chi connectivity index (χ2n) is 14.3. The number of benzene rings is 10. The summed E-state index contributed by atoms with van der Waals surface area (Å²) < 4.78 is 3.80. The summed E-state index contributed by atoms with van der Waals surface area (Å²) in [5.41, 5.74) is 10.8. The molecular formula is C56H41I3N2. The lowest BCUT2D eigenvalue weighted by Gasteiger charge is -2.27. The molecule has 296 valence electrons. The molecule has 10 rings (SSSR count). The third-order valence-corrected chi connectivity index (χ3v) is 12.3. The van der Waals surface area contributed by atoms with Crippen LogP contribution in [0, 0.1) is 10.7 Å². The number of fused-ring (bicyclic) bond motifs is 2. The molecule has 2 nitrogen and oxygen atoms in total. The van der Waals surface area contributed by atoms with Gasteiger partial charge >= 0.3 is 0 Å². The minimum atomic E-state index is 1.11. The highest BCUT2D eigenvalue weighted by Gasteiger charge is 2.15. The number of halogens is 3. The summed E-state index contributed by atoms with van der Waals surface area (Å²) in [5.74, 6) is 0. The molecule has 0 amide bonds. The summed E-state index contributed by atoms with van der Waals surface area (Å²) in [7, 11) is 0. The molecular weight excluding hydrogens is 1080 g/mol. The van der Waals surface area contributed by atoms with Crippen LogP contribution in [0.15, 0.2) is 243 Å². The molecule has 0 aliphatic rings. The second-order valence-corrected chi connectivity index (χ2v) is 18.0. The van der Waals surface area contributed by atoms with Gasteiger partial charge in [-0.25, -0.2) is 0 Å². The van der Waals surface area contributed by atoms with Crippen molar-refractivity contribution in [3.8, 4) is 22.3 Å². The Labute approximate surface area is 399 Å². The standard InChI is InChI=1S/C28H20IN.C16H13N.C12H8I2/c29-24-17-13-21(14-18-24)22-15-19-26(20-16-22)30(25-9-2-1-3-10-25)28-12-6-8-23-7-4-5-11-27(23)28;1-2-9-14(10-3-1)17-16-12-6-8-13-7-4-5-11-15(13)16;13-11-5-1-9(2-6-11)10-3-7-12(14)8-4-10/h1-20H;1-12,17H;1-8H. The first-order valence-corrected chi connectivity index (χ1v) is 23.2. The highest BCUT2D eigenvalue weighted by Crippen LogP contribution is 2.39. The van der Waals surface area contributed by atoms with Gasteiger partial charge in [0.15, 0.2) is 0 Å². The molecule has 0 spiro atoms. The van der Waals surface area contributed by atoms with Gasteiger partial charge in [0, 0.05) is 44.2 Å². The van der Waals surface area contributed by atoms with Gasteiger partial charge < -0.3 is 10.2 Å². The summed E-state index contributed by atoms with van der Waals surface area (Å²) in [5, 5.41) is 8.44. The smallest absolute Gasteiger partial charge is 0.0540 e. The number of nitrogens with one attached hydrogen (secondary N) is 1. The molecule has 0 atom stereocenters. The van der Waals surface area contributed by atoms with E-state index < -0.39 is 0 Å². The number of para-hydroxylation sites is 2. The van der Waals surface area contributed by atoms with Crippen LogP contribution in [-0.2, 0) is 0 Å². The van der Waals surface area contributed by atoms with Crippen LogP contribution in [-0.4, -0.2) is 0 Å². The first-order valence-electron chi connectivity index (χ1n) is 20.0. The van der Waals surface area contributed by atoms with E-state index in [1.165, 1.54) is 60.2 Å². The Morgan fingerprint density at radius 3 is 1.20 bits per heavy atom. The van der Waals surface area contributed by atoms with E-state index in [0.29, 0.717) is 0 Å². The third kappa shape index (κ3) is 11.1. The van der Waals surface area contributed by atoms with Crippen molar-refractivity contribution in [2.75, 3.05) is 10.2 Å². The first kappa shape index (κ1) is 42.2. The summed E-state index contributed by atoms with van der Waals surface area (Å²) in [6, 6.07) is 85.2. The molecule has 0 radical (unpaired) electrons. The number of nitrogens with zero attached hydrogens (tertiary/aromatic N) is 1. The molecule has 0 bridgehead atoms. The Morgan fingerprint density at radius 1 is 0.295 bits per heavy atom. The van der Waals surface area contributed by atoms with Crippen LogP contribution in [0.25, 0.3) is 43.8 Å². The van der Waals surface area contributed by atoms with Crippen LogP contribution in [0.4, 0.5) is 28.4 Å². The lowest BCUT2D eigenvalue weighted by molar-refractivity contribution is 1.30. The Morgan fingerprint density at radius 2 is 0.672 bits per heavy atom. The minimum absolute atomic E-state index is 1.11. The largest absolute Gasteiger partial charge is 0.355 e. The van der Waals surface area contributed by atoms with Crippen LogP contribution >= 0.6 is 67.8 Å². The Hall–Kier alpha value is -5.49. The van der Waals surface area contributed by atoms with E-state index in [-0.39, 0.29) is 0 Å². The maximum atomic E-state index is 3.45. The molecule has 0 aliphatic heterocycles. The van der Waals surface area contributed by atoms with Crippen molar-refractivity contribution >= 4 is 118 Å². The van der Waals surface area contributed by atoms with Crippen LogP contribution in [0.5, 0.6) is 0 Å². The molecule has 0 aliphatic carbocycles. The monoisotopic (exact) mass is 1120 g/mol. The van der Waals surface area contributed by atoms with Crippen molar-refractivity contribution in [2.45, 2.75) is 0 Å². The van der Waals surface area contributed by atoms with Crippen molar-refractivity contribution in [1.29, 1.82) is 0 Å². The lowest BCUT2D eigenvalue weighted by Crippen LogP contribution is -2.10. The highest BCUT2D eigenvalue weighted by molar-refractivity contribution is 14.1. The van der Waals surface area contributed by atoms with E-state index in [0.717, 1.165) is 22.7 Å². The van der Waals surface area contributed by atoms with E-state index >= 15 is 0 Å². The van der Waals surface area contributed by atoms with Crippen LogP contribution < -0.4 is 10.2 Å². The number of anilines is 5. The van der Waals surface area contributed by atoms with Crippen molar-refractivity contribution in [1.82, 2.24) is 0 Å². The molecule has 0 saturated carbocycles. The average Bonchev–Trinajstić information content (AvgIpc) is 3.32. The molecule has 0 fully saturated rings. The summed E-state index contributed by atoms with van der Waals surface area (Å²) in [4.78, 5) is 2.33. The van der Waals surface area contributed by atoms with Gasteiger partial charge in [-0.05, 0) is 186 Å². The summed E-state index contributed by atoms with van der Waals surface area (Å²) in [6.45, 7) is 0. The molecule has 61 heavy (non-hydrogen) atoms. The Bertz CT molecular complexity index is 2880. The Balaban J connectivity index is 0.000000140. The Kier molecular flexibility index (Phi) is 14.4. The van der Waals surface area contributed by atoms with Crippen LogP contribution in [0.3, 0.4) is 0 Å². The predicted molar refractivity (Wildman–Crippen MR) is 288 cm³/mol. The molecule has 10 aromatic carbocycles. The summed E-state index contributed by atoms with van der Waals surface area (Å²) >= 11 is 6.98. The zero-order valence-corrected chi connectivity index (χ0v) is 39.6. The van der Waals surface area contributed by atoms with Gasteiger partial charge in [-0.15, -0.1) is 0 Å². The van der Waals surface area contributed by atoms with Gasteiger partial charge in [0.25, 0.3) is 0 Å². The molecule has 0 aromatic heterocycles. The van der Waals surface area contributed by atoms with Gasteiger partial charge in [0.1, 0.15) is 0 Å².